The molecule has 1 aromatic carbocycles. The van der Waals surface area contributed by atoms with Gasteiger partial charge in [-0.25, -0.2) is 4.98 Å². The molecule has 6 nitrogen and oxygen atoms in total. The SMILES string of the molecule is O=[S@]1CC(F)(F)c2nc(N3CCCC(c4ccc(Cl)cc4)CC3)nc(NC3(CO)CCC3)c21. The van der Waals surface area contributed by atoms with E-state index in [1.165, 1.54) is 5.56 Å². The second kappa shape index (κ2) is 8.74. The van der Waals surface area contributed by atoms with Crippen LogP contribution in [0.15, 0.2) is 29.2 Å². The molecule has 2 fully saturated rings. The van der Waals surface area contributed by atoms with Gasteiger partial charge in [0.15, 0.2) is 0 Å². The zero-order valence-electron chi connectivity index (χ0n) is 18.2. The Morgan fingerprint density at radius 2 is 1.91 bits per heavy atom. The topological polar surface area (TPSA) is 78.4 Å². The maximum Gasteiger partial charge on any atom is 0.302 e. The molecule has 1 aromatic heterocycles. The Labute approximate surface area is 199 Å². The fourth-order valence-corrected chi connectivity index (χ4v) is 6.43. The number of hydrogen-bond acceptors (Lipinski definition) is 6. The van der Waals surface area contributed by atoms with Crippen molar-refractivity contribution in [1.29, 1.82) is 0 Å². The van der Waals surface area contributed by atoms with Gasteiger partial charge in [0.1, 0.15) is 16.4 Å². The lowest BCUT2D eigenvalue weighted by Crippen LogP contribution is -2.48. The zero-order chi connectivity index (χ0) is 23.2. The van der Waals surface area contributed by atoms with Gasteiger partial charge in [0, 0.05) is 18.1 Å². The molecule has 0 bridgehead atoms. The smallest absolute Gasteiger partial charge is 0.302 e. The van der Waals surface area contributed by atoms with E-state index in [0.717, 1.165) is 25.7 Å². The summed E-state index contributed by atoms with van der Waals surface area (Å²) >= 11 is 6.02. The average molecular weight is 497 g/mol. The number of nitrogens with one attached hydrogen (secondary N) is 1. The minimum Gasteiger partial charge on any atom is -0.394 e. The number of alkyl halides is 2. The number of anilines is 2. The number of aliphatic hydroxyl groups excluding tert-OH is 1. The molecular formula is C23H27ClF2N4O2S. The number of hydrogen-bond donors (Lipinski definition) is 2. The highest BCUT2D eigenvalue weighted by Crippen LogP contribution is 2.45. The highest BCUT2D eigenvalue weighted by atomic mass is 35.5. The lowest BCUT2D eigenvalue weighted by atomic mass is 9.77. The molecule has 1 saturated carbocycles. The van der Waals surface area contributed by atoms with Gasteiger partial charge >= 0.3 is 5.92 Å². The van der Waals surface area contributed by atoms with Crippen molar-refractivity contribution < 1.29 is 18.1 Å². The summed E-state index contributed by atoms with van der Waals surface area (Å²) < 4.78 is 42.0. The number of aromatic nitrogens is 2. The number of halogens is 3. The van der Waals surface area contributed by atoms with Gasteiger partial charge in [-0.05, 0) is 62.1 Å². The highest BCUT2D eigenvalue weighted by Gasteiger charge is 2.49. The Bertz CT molecular complexity index is 1060. The maximum absolute atomic E-state index is 14.7. The van der Waals surface area contributed by atoms with Crippen molar-refractivity contribution in [3.8, 4) is 0 Å². The van der Waals surface area contributed by atoms with E-state index < -0.39 is 33.7 Å². The first-order valence-electron chi connectivity index (χ1n) is 11.4. The van der Waals surface area contributed by atoms with E-state index in [9.17, 15) is 18.1 Å². The highest BCUT2D eigenvalue weighted by molar-refractivity contribution is 7.85. The van der Waals surface area contributed by atoms with Crippen LogP contribution in [-0.4, -0.2) is 50.3 Å². The van der Waals surface area contributed by atoms with Crippen LogP contribution in [0.1, 0.15) is 55.7 Å². The number of aliphatic hydroxyl groups is 1. The molecular weight excluding hydrogens is 470 g/mol. The maximum atomic E-state index is 14.7. The van der Waals surface area contributed by atoms with Gasteiger partial charge in [-0.15, -0.1) is 0 Å². The van der Waals surface area contributed by atoms with Crippen molar-refractivity contribution in [3.63, 3.8) is 0 Å². The van der Waals surface area contributed by atoms with Crippen LogP contribution in [0.3, 0.4) is 0 Å². The molecule has 3 aliphatic rings. The molecule has 0 spiro atoms. The van der Waals surface area contributed by atoms with Crippen molar-refractivity contribution in [2.75, 3.05) is 35.7 Å². The summed E-state index contributed by atoms with van der Waals surface area (Å²) in [5, 5.41) is 13.8. The first-order valence-corrected chi connectivity index (χ1v) is 13.1. The lowest BCUT2D eigenvalue weighted by Gasteiger charge is -2.41. The van der Waals surface area contributed by atoms with E-state index in [-0.39, 0.29) is 23.3 Å². The third-order valence-corrected chi connectivity index (χ3v) is 8.81. The Balaban J connectivity index is 1.45. The van der Waals surface area contributed by atoms with Crippen LogP contribution in [0.5, 0.6) is 0 Å². The minimum absolute atomic E-state index is 0.0164. The van der Waals surface area contributed by atoms with E-state index in [1.807, 2.05) is 29.2 Å². The van der Waals surface area contributed by atoms with E-state index in [4.69, 9.17) is 11.6 Å². The Morgan fingerprint density at radius 3 is 2.58 bits per heavy atom. The first kappa shape index (κ1) is 22.9. The third kappa shape index (κ3) is 4.35. The number of nitrogens with zero attached hydrogens (tertiary/aromatic N) is 3. The van der Waals surface area contributed by atoms with Gasteiger partial charge in [0.05, 0.1) is 28.7 Å². The second-order valence-corrected chi connectivity index (χ2v) is 11.2. The molecule has 2 aromatic rings. The summed E-state index contributed by atoms with van der Waals surface area (Å²) in [5.74, 6) is -3.28. The number of rotatable bonds is 5. The quantitative estimate of drug-likeness (QED) is 0.637. The van der Waals surface area contributed by atoms with Gasteiger partial charge in [-0.2, -0.15) is 13.8 Å². The van der Waals surface area contributed by atoms with Crippen molar-refractivity contribution in [3.05, 3.63) is 40.5 Å². The van der Waals surface area contributed by atoms with Crippen LogP contribution < -0.4 is 10.2 Å². The summed E-state index contributed by atoms with van der Waals surface area (Å²) in [5.41, 5.74) is 0.175. The Kier molecular flexibility index (Phi) is 6.07. The summed E-state index contributed by atoms with van der Waals surface area (Å²) in [4.78, 5) is 10.8. The Morgan fingerprint density at radius 1 is 1.15 bits per heavy atom. The standard InChI is InChI=1S/C23H27ClF2N4O2S/c24-17-6-4-16(5-7-17)15-3-1-11-30(12-8-15)21-27-19-18(33(32)14-23(19,25)26)20(28-21)29-22(13-31)9-2-10-22/h4-7,15,31H,1-3,8-14H2,(H,27,28,29)/t15?,33-/m0/s1. The average Bonchev–Trinajstić information content (AvgIpc) is 2.91. The van der Waals surface area contributed by atoms with E-state index in [0.29, 0.717) is 36.9 Å². The fourth-order valence-electron chi connectivity index (χ4n) is 4.98. The summed E-state index contributed by atoms with van der Waals surface area (Å²) in [6.07, 6.45) is 5.06. The summed E-state index contributed by atoms with van der Waals surface area (Å²) in [6.45, 7) is 1.16. The minimum atomic E-state index is -3.27. The van der Waals surface area contributed by atoms with Gasteiger partial charge in [0.25, 0.3) is 0 Å². The molecule has 10 heteroatoms. The summed E-state index contributed by atoms with van der Waals surface area (Å²) in [6, 6.07) is 7.86. The van der Waals surface area contributed by atoms with E-state index in [2.05, 4.69) is 15.3 Å². The van der Waals surface area contributed by atoms with Gasteiger partial charge in [-0.3, -0.25) is 4.21 Å². The van der Waals surface area contributed by atoms with Crippen LogP contribution in [-0.2, 0) is 16.7 Å². The van der Waals surface area contributed by atoms with Gasteiger partial charge in [0.2, 0.25) is 5.95 Å². The van der Waals surface area contributed by atoms with E-state index >= 15 is 0 Å². The number of benzene rings is 1. The van der Waals surface area contributed by atoms with Crippen LogP contribution in [0.4, 0.5) is 20.5 Å². The molecule has 5 rings (SSSR count). The largest absolute Gasteiger partial charge is 0.394 e. The zero-order valence-corrected chi connectivity index (χ0v) is 19.8. The molecule has 1 unspecified atom stereocenters. The van der Waals surface area contributed by atoms with Crippen molar-refractivity contribution in [2.45, 2.75) is 60.8 Å². The van der Waals surface area contributed by atoms with Crippen LogP contribution in [0, 0.1) is 0 Å². The molecule has 0 radical (unpaired) electrons. The predicted octanol–water partition coefficient (Wildman–Crippen LogP) is 4.44. The van der Waals surface area contributed by atoms with Crippen molar-refractivity contribution in [1.82, 2.24) is 9.97 Å². The van der Waals surface area contributed by atoms with E-state index in [1.54, 1.807) is 0 Å². The monoisotopic (exact) mass is 496 g/mol. The molecule has 33 heavy (non-hydrogen) atoms. The molecule has 1 aliphatic carbocycles. The van der Waals surface area contributed by atoms with Crippen LogP contribution >= 0.6 is 11.6 Å². The fraction of sp³-hybridized carbons (Fsp3) is 0.565. The molecule has 3 heterocycles. The summed E-state index contributed by atoms with van der Waals surface area (Å²) in [7, 11) is -1.89. The second-order valence-electron chi connectivity index (χ2n) is 9.33. The van der Waals surface area contributed by atoms with Gasteiger partial charge < -0.3 is 15.3 Å². The molecule has 2 aliphatic heterocycles. The number of fused-ring (bicyclic) bond motifs is 1. The van der Waals surface area contributed by atoms with Crippen LogP contribution in [0.25, 0.3) is 0 Å². The molecule has 0 amide bonds. The molecule has 178 valence electrons. The third-order valence-electron chi connectivity index (χ3n) is 7.09. The normalized spacial score (nSPS) is 25.8. The lowest BCUT2D eigenvalue weighted by molar-refractivity contribution is 0.0191. The molecule has 1 saturated heterocycles. The molecule has 2 atom stereocenters. The Hall–Kier alpha value is -1.84. The first-order chi connectivity index (χ1) is 15.8. The van der Waals surface area contributed by atoms with Gasteiger partial charge in [-0.1, -0.05) is 23.7 Å². The van der Waals surface area contributed by atoms with Crippen LogP contribution in [0.2, 0.25) is 5.02 Å². The molecule has 2 N–H and O–H groups in total. The van der Waals surface area contributed by atoms with Crippen molar-refractivity contribution >= 4 is 34.2 Å². The van der Waals surface area contributed by atoms with Crippen molar-refractivity contribution in [2.24, 2.45) is 0 Å². The predicted molar refractivity (Wildman–Crippen MR) is 125 cm³/mol.